The van der Waals surface area contributed by atoms with E-state index in [1.54, 1.807) is 61.5 Å². The fourth-order valence-electron chi connectivity index (χ4n) is 3.81. The quantitative estimate of drug-likeness (QED) is 0.278. The molecule has 6 nitrogen and oxygen atoms in total. The molecule has 1 aliphatic heterocycles. The number of hydrogen-bond donors (Lipinski definition) is 1. The smallest absolute Gasteiger partial charge is 0.300 e. The third-order valence-electron chi connectivity index (χ3n) is 5.45. The number of Topliss-reactive ketones (excluding diaryl/α,β-unsaturated/α-hetero) is 1. The number of carbonyl (C=O) groups is 2. The number of halogens is 1. The molecule has 1 atom stereocenters. The zero-order valence-corrected chi connectivity index (χ0v) is 19.3. The average molecular weight is 466 g/mol. The van der Waals surface area contributed by atoms with Crippen molar-refractivity contribution in [1.82, 2.24) is 0 Å². The van der Waals surface area contributed by atoms with Gasteiger partial charge in [-0.15, -0.1) is 0 Å². The van der Waals surface area contributed by atoms with Gasteiger partial charge >= 0.3 is 0 Å². The summed E-state index contributed by atoms with van der Waals surface area (Å²) in [6.45, 7) is 6.35. The van der Waals surface area contributed by atoms with Crippen LogP contribution in [0.5, 0.6) is 5.75 Å². The number of furan rings is 1. The highest BCUT2D eigenvalue weighted by Crippen LogP contribution is 2.44. The van der Waals surface area contributed by atoms with Crippen molar-refractivity contribution in [3.63, 3.8) is 0 Å². The molecule has 1 N–H and O–H groups in total. The highest BCUT2D eigenvalue weighted by Gasteiger charge is 2.48. The van der Waals surface area contributed by atoms with Gasteiger partial charge in [-0.3, -0.25) is 14.5 Å². The predicted molar refractivity (Wildman–Crippen MR) is 126 cm³/mol. The van der Waals surface area contributed by atoms with Gasteiger partial charge < -0.3 is 14.3 Å². The van der Waals surface area contributed by atoms with Crippen LogP contribution in [-0.4, -0.2) is 23.4 Å². The van der Waals surface area contributed by atoms with Gasteiger partial charge in [0.1, 0.15) is 23.3 Å². The summed E-state index contributed by atoms with van der Waals surface area (Å²) in [6, 6.07) is 14.3. The first-order chi connectivity index (χ1) is 15.8. The lowest BCUT2D eigenvalue weighted by Gasteiger charge is -2.25. The lowest BCUT2D eigenvalue weighted by atomic mass is 9.99. The van der Waals surface area contributed by atoms with Gasteiger partial charge in [-0.2, -0.15) is 0 Å². The van der Waals surface area contributed by atoms with Gasteiger partial charge in [0.15, 0.2) is 0 Å². The summed E-state index contributed by atoms with van der Waals surface area (Å²) in [6.07, 6.45) is 1.46. The zero-order chi connectivity index (χ0) is 23.7. The molecule has 4 rings (SSSR count). The number of rotatable bonds is 6. The topological polar surface area (TPSA) is 80.0 Å². The third-order valence-corrected chi connectivity index (χ3v) is 5.86. The number of anilines is 1. The Bertz CT molecular complexity index is 1230. The number of amides is 1. The molecule has 1 unspecified atom stereocenters. The van der Waals surface area contributed by atoms with Crippen molar-refractivity contribution in [2.45, 2.75) is 26.8 Å². The lowest BCUT2D eigenvalue weighted by Crippen LogP contribution is -2.30. The Morgan fingerprint density at radius 2 is 1.91 bits per heavy atom. The van der Waals surface area contributed by atoms with Crippen molar-refractivity contribution in [1.29, 1.82) is 0 Å². The maximum atomic E-state index is 13.2. The second-order valence-corrected chi connectivity index (χ2v) is 8.71. The summed E-state index contributed by atoms with van der Waals surface area (Å²) in [5, 5.41) is 11.7. The Kier molecular flexibility index (Phi) is 6.29. The van der Waals surface area contributed by atoms with Gasteiger partial charge in [-0.1, -0.05) is 43.6 Å². The van der Waals surface area contributed by atoms with E-state index < -0.39 is 17.7 Å². The molecule has 0 aliphatic carbocycles. The molecule has 170 valence electrons. The average Bonchev–Trinajstić information content (AvgIpc) is 3.41. The molecule has 1 amide bonds. The van der Waals surface area contributed by atoms with E-state index in [2.05, 4.69) is 0 Å². The molecule has 1 aliphatic rings. The Labute approximate surface area is 197 Å². The van der Waals surface area contributed by atoms with Crippen molar-refractivity contribution in [2.75, 3.05) is 11.5 Å². The van der Waals surface area contributed by atoms with Crippen LogP contribution in [0.15, 0.2) is 70.9 Å². The van der Waals surface area contributed by atoms with E-state index in [4.69, 9.17) is 20.8 Å². The Balaban J connectivity index is 1.86. The molecule has 0 spiro atoms. The normalized spacial score (nSPS) is 17.7. The molecule has 0 saturated carbocycles. The Hall–Kier alpha value is -3.51. The summed E-state index contributed by atoms with van der Waals surface area (Å²) >= 11 is 6.29. The van der Waals surface area contributed by atoms with Crippen molar-refractivity contribution in [2.24, 2.45) is 5.92 Å². The van der Waals surface area contributed by atoms with Crippen LogP contribution in [-0.2, 0) is 9.59 Å². The number of carbonyl (C=O) groups excluding carboxylic acids is 2. The van der Waals surface area contributed by atoms with Crippen LogP contribution >= 0.6 is 11.6 Å². The van der Waals surface area contributed by atoms with Gasteiger partial charge in [0, 0.05) is 16.3 Å². The number of hydrogen-bond acceptors (Lipinski definition) is 5. The Morgan fingerprint density at radius 3 is 2.61 bits per heavy atom. The van der Waals surface area contributed by atoms with Crippen LogP contribution in [0.2, 0.25) is 5.02 Å². The number of aliphatic hydroxyl groups is 1. The maximum Gasteiger partial charge on any atom is 0.300 e. The molecular formula is C26H24ClNO5. The minimum Gasteiger partial charge on any atom is -0.507 e. The van der Waals surface area contributed by atoms with Crippen LogP contribution in [0, 0.1) is 12.8 Å². The SMILES string of the molecule is Cc1c(Cl)cccc1N1C(=O)C(=O)/C(=C(\O)c2cccc(OCC(C)C)c2)C1c1ccco1. The van der Waals surface area contributed by atoms with Gasteiger partial charge in [-0.05, 0) is 54.8 Å². The van der Waals surface area contributed by atoms with E-state index >= 15 is 0 Å². The fraction of sp³-hybridized carbons (Fsp3) is 0.231. The van der Waals surface area contributed by atoms with E-state index in [1.165, 1.54) is 11.2 Å². The number of nitrogens with zero attached hydrogens (tertiary/aromatic N) is 1. The second-order valence-electron chi connectivity index (χ2n) is 8.30. The third kappa shape index (κ3) is 4.26. The molecule has 33 heavy (non-hydrogen) atoms. The standard InChI is InChI=1S/C26H24ClNO5/c1-15(2)14-33-18-8-4-7-17(13-18)24(29)22-23(21-11-6-12-32-21)28(26(31)25(22)30)20-10-5-9-19(27)16(20)3/h4-13,15,23,29H,14H2,1-3H3/b24-22-. The first kappa shape index (κ1) is 22.7. The number of benzene rings is 2. The lowest BCUT2D eigenvalue weighted by molar-refractivity contribution is -0.132. The van der Waals surface area contributed by atoms with Crippen LogP contribution in [0.4, 0.5) is 5.69 Å². The van der Waals surface area contributed by atoms with Gasteiger partial charge in [0.25, 0.3) is 11.7 Å². The molecule has 1 saturated heterocycles. The van der Waals surface area contributed by atoms with Crippen LogP contribution in [0.3, 0.4) is 0 Å². The van der Waals surface area contributed by atoms with Crippen LogP contribution in [0.1, 0.15) is 36.8 Å². The molecule has 2 heterocycles. The van der Waals surface area contributed by atoms with Crippen molar-refractivity contribution < 1.29 is 23.8 Å². The molecule has 7 heteroatoms. The number of ether oxygens (including phenoxy) is 1. The summed E-state index contributed by atoms with van der Waals surface area (Å²) in [5.74, 6) is -0.638. The van der Waals surface area contributed by atoms with E-state index in [0.29, 0.717) is 45.9 Å². The van der Waals surface area contributed by atoms with Crippen LogP contribution in [0.25, 0.3) is 5.76 Å². The molecular weight excluding hydrogens is 442 g/mol. The largest absolute Gasteiger partial charge is 0.507 e. The van der Waals surface area contributed by atoms with Gasteiger partial charge in [0.2, 0.25) is 0 Å². The summed E-state index contributed by atoms with van der Waals surface area (Å²) in [5.41, 5.74) is 1.42. The summed E-state index contributed by atoms with van der Waals surface area (Å²) < 4.78 is 11.3. The van der Waals surface area contributed by atoms with E-state index in [9.17, 15) is 14.7 Å². The predicted octanol–water partition coefficient (Wildman–Crippen LogP) is 5.90. The number of ketones is 1. The first-order valence-corrected chi connectivity index (χ1v) is 11.0. The highest BCUT2D eigenvalue weighted by molar-refractivity contribution is 6.52. The van der Waals surface area contributed by atoms with E-state index in [-0.39, 0.29) is 11.3 Å². The minimum atomic E-state index is -0.947. The summed E-state index contributed by atoms with van der Waals surface area (Å²) in [4.78, 5) is 27.7. The molecule has 0 radical (unpaired) electrons. The van der Waals surface area contributed by atoms with Crippen molar-refractivity contribution >= 4 is 34.7 Å². The van der Waals surface area contributed by atoms with E-state index in [1.807, 2.05) is 13.8 Å². The van der Waals surface area contributed by atoms with Gasteiger partial charge in [-0.25, -0.2) is 0 Å². The number of aliphatic hydroxyl groups excluding tert-OH is 1. The monoisotopic (exact) mass is 465 g/mol. The molecule has 1 fully saturated rings. The molecule has 3 aromatic rings. The van der Waals surface area contributed by atoms with Crippen molar-refractivity contribution in [3.8, 4) is 5.75 Å². The van der Waals surface area contributed by atoms with Crippen molar-refractivity contribution in [3.05, 3.63) is 88.3 Å². The van der Waals surface area contributed by atoms with Crippen LogP contribution < -0.4 is 9.64 Å². The first-order valence-electron chi connectivity index (χ1n) is 10.6. The molecule has 2 aromatic carbocycles. The highest BCUT2D eigenvalue weighted by atomic mass is 35.5. The Morgan fingerprint density at radius 1 is 1.15 bits per heavy atom. The minimum absolute atomic E-state index is 0.0599. The summed E-state index contributed by atoms with van der Waals surface area (Å²) in [7, 11) is 0. The fourth-order valence-corrected chi connectivity index (χ4v) is 3.98. The zero-order valence-electron chi connectivity index (χ0n) is 18.5. The molecule has 1 aromatic heterocycles. The van der Waals surface area contributed by atoms with Gasteiger partial charge in [0.05, 0.1) is 18.4 Å². The molecule has 0 bridgehead atoms. The van der Waals surface area contributed by atoms with E-state index in [0.717, 1.165) is 0 Å². The maximum absolute atomic E-state index is 13.2. The second kappa shape index (κ2) is 9.16.